The molecule has 0 amide bonds. The third-order valence-electron chi connectivity index (χ3n) is 3.28. The third kappa shape index (κ3) is 3.53. The van der Waals surface area contributed by atoms with Gasteiger partial charge in [0.05, 0.1) is 10.8 Å². The maximum Gasteiger partial charge on any atom is 0.338 e. The van der Waals surface area contributed by atoms with Gasteiger partial charge < -0.3 is 4.74 Å². The van der Waals surface area contributed by atoms with Gasteiger partial charge >= 0.3 is 5.97 Å². The van der Waals surface area contributed by atoms with Crippen LogP contribution in [0.1, 0.15) is 29.6 Å². The van der Waals surface area contributed by atoms with Crippen LogP contribution in [-0.2, 0) is 14.6 Å². The van der Waals surface area contributed by atoms with Crippen molar-refractivity contribution < 1.29 is 22.3 Å². The molecule has 1 aromatic carbocycles. The zero-order chi connectivity index (χ0) is 14.0. The SMILES string of the molecule is CS(=O)(=O)[C@@H]1CC[C@H](OC(=O)c2cccc(F)c2)C1. The molecule has 4 nitrogen and oxygen atoms in total. The summed E-state index contributed by atoms with van der Waals surface area (Å²) < 4.78 is 41.0. The van der Waals surface area contributed by atoms with Crippen LogP contribution in [0.25, 0.3) is 0 Å². The van der Waals surface area contributed by atoms with Gasteiger partial charge in [-0.25, -0.2) is 17.6 Å². The first-order chi connectivity index (χ1) is 8.86. The standard InChI is InChI=1S/C13H15FO4S/c1-19(16,17)12-6-5-11(8-12)18-13(15)9-3-2-4-10(14)7-9/h2-4,7,11-12H,5-6,8H2,1H3/t11-,12+/m0/s1. The average Bonchev–Trinajstić information content (AvgIpc) is 2.77. The first-order valence-corrected chi connectivity index (χ1v) is 7.97. The second-order valence-electron chi connectivity index (χ2n) is 4.80. The van der Waals surface area contributed by atoms with E-state index >= 15 is 0 Å². The van der Waals surface area contributed by atoms with E-state index in [0.29, 0.717) is 19.3 Å². The van der Waals surface area contributed by atoms with Crippen molar-refractivity contribution in [1.29, 1.82) is 0 Å². The minimum atomic E-state index is -3.09. The van der Waals surface area contributed by atoms with Crippen molar-refractivity contribution in [1.82, 2.24) is 0 Å². The Balaban J connectivity index is 1.98. The lowest BCUT2D eigenvalue weighted by Crippen LogP contribution is -2.20. The normalized spacial score (nSPS) is 23.3. The van der Waals surface area contributed by atoms with Crippen molar-refractivity contribution in [2.45, 2.75) is 30.6 Å². The number of sulfone groups is 1. The second-order valence-corrected chi connectivity index (χ2v) is 7.13. The molecule has 1 saturated carbocycles. The van der Waals surface area contributed by atoms with E-state index in [1.165, 1.54) is 24.5 Å². The van der Waals surface area contributed by atoms with Crippen molar-refractivity contribution in [3.05, 3.63) is 35.6 Å². The van der Waals surface area contributed by atoms with Crippen LogP contribution >= 0.6 is 0 Å². The Morgan fingerprint density at radius 2 is 2.11 bits per heavy atom. The van der Waals surface area contributed by atoms with Crippen LogP contribution in [-0.4, -0.2) is 32.0 Å². The van der Waals surface area contributed by atoms with E-state index in [4.69, 9.17) is 4.74 Å². The maximum atomic E-state index is 13.0. The zero-order valence-electron chi connectivity index (χ0n) is 10.5. The first-order valence-electron chi connectivity index (χ1n) is 6.01. The van der Waals surface area contributed by atoms with Gasteiger partial charge in [-0.2, -0.15) is 0 Å². The molecule has 104 valence electrons. The van der Waals surface area contributed by atoms with E-state index in [9.17, 15) is 17.6 Å². The summed E-state index contributed by atoms with van der Waals surface area (Å²) in [4.78, 5) is 11.8. The molecule has 2 atom stereocenters. The Labute approximate surface area is 111 Å². The number of esters is 1. The van der Waals surface area contributed by atoms with Gasteiger partial charge in [-0.15, -0.1) is 0 Å². The molecule has 0 bridgehead atoms. The Bertz CT molecular complexity index is 582. The van der Waals surface area contributed by atoms with Gasteiger partial charge in [0, 0.05) is 12.7 Å². The van der Waals surface area contributed by atoms with Crippen LogP contribution in [0.4, 0.5) is 4.39 Å². The summed E-state index contributed by atoms with van der Waals surface area (Å²) in [5.41, 5.74) is 0.141. The van der Waals surface area contributed by atoms with Gasteiger partial charge in [0.15, 0.2) is 0 Å². The Morgan fingerprint density at radius 3 is 2.68 bits per heavy atom. The number of ether oxygens (including phenoxy) is 1. The number of carbonyl (C=O) groups excluding carboxylic acids is 1. The number of halogens is 1. The van der Waals surface area contributed by atoms with Crippen LogP contribution in [0, 0.1) is 5.82 Å². The molecular weight excluding hydrogens is 271 g/mol. The van der Waals surface area contributed by atoms with E-state index in [1.807, 2.05) is 0 Å². The molecule has 0 aromatic heterocycles. The molecule has 1 fully saturated rings. The minimum Gasteiger partial charge on any atom is -0.459 e. The van der Waals surface area contributed by atoms with Crippen molar-refractivity contribution in [3.63, 3.8) is 0 Å². The molecule has 19 heavy (non-hydrogen) atoms. The van der Waals surface area contributed by atoms with Gasteiger partial charge in [-0.3, -0.25) is 0 Å². The molecule has 0 unspecified atom stereocenters. The summed E-state index contributed by atoms with van der Waals surface area (Å²) in [6.07, 6.45) is 2.13. The molecule has 0 saturated heterocycles. The van der Waals surface area contributed by atoms with Crippen LogP contribution < -0.4 is 0 Å². The van der Waals surface area contributed by atoms with Crippen LogP contribution in [0.2, 0.25) is 0 Å². The summed E-state index contributed by atoms with van der Waals surface area (Å²) in [7, 11) is -3.09. The Morgan fingerprint density at radius 1 is 1.37 bits per heavy atom. The monoisotopic (exact) mass is 286 g/mol. The number of hydrogen-bond donors (Lipinski definition) is 0. The quantitative estimate of drug-likeness (QED) is 0.797. The van der Waals surface area contributed by atoms with Crippen molar-refractivity contribution in [3.8, 4) is 0 Å². The van der Waals surface area contributed by atoms with E-state index in [-0.39, 0.29) is 5.56 Å². The number of carbonyl (C=O) groups is 1. The van der Waals surface area contributed by atoms with E-state index in [2.05, 4.69) is 0 Å². The van der Waals surface area contributed by atoms with Gasteiger partial charge in [-0.05, 0) is 31.0 Å². The lowest BCUT2D eigenvalue weighted by atomic mass is 10.2. The van der Waals surface area contributed by atoms with Crippen molar-refractivity contribution in [2.24, 2.45) is 0 Å². The molecule has 1 aliphatic rings. The van der Waals surface area contributed by atoms with E-state index < -0.39 is 33.0 Å². The summed E-state index contributed by atoms with van der Waals surface area (Å²) in [5.74, 6) is -1.12. The van der Waals surface area contributed by atoms with Gasteiger partial charge in [-0.1, -0.05) is 6.07 Å². The highest BCUT2D eigenvalue weighted by Gasteiger charge is 2.33. The smallest absolute Gasteiger partial charge is 0.338 e. The van der Waals surface area contributed by atoms with E-state index in [1.54, 1.807) is 0 Å². The fraction of sp³-hybridized carbons (Fsp3) is 0.462. The minimum absolute atomic E-state index is 0.141. The molecular formula is C13H15FO4S. The molecule has 6 heteroatoms. The highest BCUT2D eigenvalue weighted by atomic mass is 32.2. The first kappa shape index (κ1) is 14.0. The van der Waals surface area contributed by atoms with Crippen LogP contribution in [0.3, 0.4) is 0 Å². The molecule has 1 aliphatic carbocycles. The Kier molecular flexibility index (Phi) is 3.89. The molecule has 0 N–H and O–H groups in total. The highest BCUT2D eigenvalue weighted by molar-refractivity contribution is 7.91. The third-order valence-corrected chi connectivity index (χ3v) is 4.92. The Hall–Kier alpha value is -1.43. The molecule has 2 rings (SSSR count). The van der Waals surface area contributed by atoms with Crippen molar-refractivity contribution in [2.75, 3.05) is 6.26 Å². The summed E-state index contributed by atoms with van der Waals surface area (Å²) >= 11 is 0. The predicted molar refractivity (Wildman–Crippen MR) is 68.1 cm³/mol. The topological polar surface area (TPSA) is 60.4 Å². The largest absolute Gasteiger partial charge is 0.459 e. The van der Waals surface area contributed by atoms with Crippen LogP contribution in [0.15, 0.2) is 24.3 Å². The number of rotatable bonds is 3. The van der Waals surface area contributed by atoms with Gasteiger partial charge in [0.25, 0.3) is 0 Å². The molecule has 0 radical (unpaired) electrons. The molecule has 1 aromatic rings. The summed E-state index contributed by atoms with van der Waals surface area (Å²) in [6, 6.07) is 5.24. The second kappa shape index (κ2) is 5.28. The van der Waals surface area contributed by atoms with E-state index in [0.717, 1.165) is 6.07 Å². The highest BCUT2D eigenvalue weighted by Crippen LogP contribution is 2.27. The van der Waals surface area contributed by atoms with Gasteiger partial charge in [0.1, 0.15) is 21.8 Å². The molecule has 0 heterocycles. The fourth-order valence-corrected chi connectivity index (χ4v) is 3.36. The maximum absolute atomic E-state index is 13.0. The van der Waals surface area contributed by atoms with Gasteiger partial charge in [0.2, 0.25) is 0 Å². The zero-order valence-corrected chi connectivity index (χ0v) is 11.3. The fourth-order valence-electron chi connectivity index (χ4n) is 2.23. The summed E-state index contributed by atoms with van der Waals surface area (Å²) in [5, 5.41) is -0.446. The molecule has 0 aliphatic heterocycles. The predicted octanol–water partition coefficient (Wildman–Crippen LogP) is 1.95. The lowest BCUT2D eigenvalue weighted by Gasteiger charge is -2.12. The number of hydrogen-bond acceptors (Lipinski definition) is 4. The summed E-state index contributed by atoms with van der Waals surface area (Å²) in [6.45, 7) is 0. The molecule has 0 spiro atoms. The van der Waals surface area contributed by atoms with Crippen molar-refractivity contribution >= 4 is 15.8 Å². The van der Waals surface area contributed by atoms with Crippen LogP contribution in [0.5, 0.6) is 0 Å². The average molecular weight is 286 g/mol. The lowest BCUT2D eigenvalue weighted by molar-refractivity contribution is 0.0317. The number of benzene rings is 1.